The number of fused-ring (bicyclic) bond motifs is 1. The number of hydrogen-bond donors (Lipinski definition) is 1. The molecule has 1 aromatic carbocycles. The summed E-state index contributed by atoms with van der Waals surface area (Å²) in [7, 11) is 1.64. The van der Waals surface area contributed by atoms with Gasteiger partial charge < -0.3 is 15.0 Å². The second kappa shape index (κ2) is 11.4. The smallest absolute Gasteiger partial charge is 0.323 e. The van der Waals surface area contributed by atoms with Gasteiger partial charge in [0.05, 0.1) is 23.8 Å². The lowest BCUT2D eigenvalue weighted by Crippen LogP contribution is -2.41. The van der Waals surface area contributed by atoms with Crippen molar-refractivity contribution in [1.29, 1.82) is 0 Å². The molecule has 0 bridgehead atoms. The first-order valence-electron chi connectivity index (χ1n) is 12.2. The predicted octanol–water partition coefficient (Wildman–Crippen LogP) is 4.64. The number of likely N-dealkylation sites (tertiary alicyclic amines) is 1. The molecule has 186 valence electrons. The molecule has 0 atom stereocenters. The van der Waals surface area contributed by atoms with Crippen molar-refractivity contribution >= 4 is 22.9 Å². The summed E-state index contributed by atoms with van der Waals surface area (Å²) in [5, 5.41) is 2.83. The number of ether oxygens (including phenoxy) is 1. The minimum atomic E-state index is -0.495. The van der Waals surface area contributed by atoms with Crippen molar-refractivity contribution in [3.05, 3.63) is 42.5 Å². The topological polar surface area (TPSA) is 83.5 Å². The first-order chi connectivity index (χ1) is 16.9. The summed E-state index contributed by atoms with van der Waals surface area (Å²) in [5.74, 6) is -0.0519. The number of hydrogen-bond acceptors (Lipinski definition) is 6. The van der Waals surface area contributed by atoms with E-state index in [1.54, 1.807) is 19.4 Å². The number of nitrogens with one attached hydrogen (secondary N) is 1. The van der Waals surface area contributed by atoms with Gasteiger partial charge in [0.25, 0.3) is 0 Å². The van der Waals surface area contributed by atoms with Crippen LogP contribution in [0.5, 0.6) is 5.88 Å². The molecule has 9 heteroatoms. The summed E-state index contributed by atoms with van der Waals surface area (Å²) >= 11 is 0. The zero-order valence-electron chi connectivity index (χ0n) is 20.6. The molecule has 1 fully saturated rings. The van der Waals surface area contributed by atoms with Crippen LogP contribution < -0.4 is 15.0 Å². The summed E-state index contributed by atoms with van der Waals surface area (Å²) in [6.07, 6.45) is 7.82. The fraction of sp³-hybridized carbons (Fsp3) is 0.462. The second-order valence-electron chi connectivity index (χ2n) is 9.21. The van der Waals surface area contributed by atoms with Crippen molar-refractivity contribution in [3.63, 3.8) is 0 Å². The van der Waals surface area contributed by atoms with Gasteiger partial charge in [0.1, 0.15) is 0 Å². The molecular formula is C26H33FN6O2. The first kappa shape index (κ1) is 24.8. The van der Waals surface area contributed by atoms with Crippen LogP contribution in [-0.2, 0) is 0 Å². The minimum absolute atomic E-state index is 0.00832. The lowest BCUT2D eigenvalue weighted by Gasteiger charge is -2.26. The van der Waals surface area contributed by atoms with Gasteiger partial charge >= 0.3 is 6.03 Å². The van der Waals surface area contributed by atoms with Crippen molar-refractivity contribution in [2.24, 2.45) is 0 Å². The fourth-order valence-electron chi connectivity index (χ4n) is 4.12. The van der Waals surface area contributed by atoms with Crippen LogP contribution in [0.1, 0.15) is 39.5 Å². The number of urea groups is 1. The number of aromatic nitrogens is 3. The normalized spacial score (nSPS) is 14.3. The quantitative estimate of drug-likeness (QED) is 0.473. The molecule has 2 amide bonds. The molecule has 1 aliphatic heterocycles. The van der Waals surface area contributed by atoms with E-state index in [-0.39, 0.29) is 18.0 Å². The van der Waals surface area contributed by atoms with E-state index in [9.17, 15) is 9.18 Å². The third kappa shape index (κ3) is 6.42. The van der Waals surface area contributed by atoms with E-state index in [4.69, 9.17) is 4.74 Å². The molecule has 1 saturated heterocycles. The zero-order chi connectivity index (χ0) is 24.8. The van der Waals surface area contributed by atoms with Gasteiger partial charge in [-0.3, -0.25) is 9.88 Å². The Hall–Kier alpha value is -3.33. The Labute approximate surface area is 205 Å². The zero-order valence-corrected chi connectivity index (χ0v) is 20.6. The van der Waals surface area contributed by atoms with E-state index in [1.807, 2.05) is 32.0 Å². The van der Waals surface area contributed by atoms with E-state index in [0.717, 1.165) is 31.6 Å². The highest BCUT2D eigenvalue weighted by Crippen LogP contribution is 2.26. The largest absolute Gasteiger partial charge is 0.476 e. The maximum atomic E-state index is 14.7. The lowest BCUT2D eigenvalue weighted by molar-refractivity contribution is 0.200. The second-order valence-corrected chi connectivity index (χ2v) is 9.21. The van der Waals surface area contributed by atoms with Crippen LogP contribution in [0.3, 0.4) is 0 Å². The van der Waals surface area contributed by atoms with Gasteiger partial charge in [0.15, 0.2) is 11.6 Å². The van der Waals surface area contributed by atoms with E-state index in [2.05, 4.69) is 25.2 Å². The summed E-state index contributed by atoms with van der Waals surface area (Å²) in [4.78, 5) is 29.3. The van der Waals surface area contributed by atoms with Crippen LogP contribution in [0.15, 0.2) is 36.7 Å². The van der Waals surface area contributed by atoms with Crippen LogP contribution >= 0.6 is 0 Å². The first-order valence-corrected chi connectivity index (χ1v) is 12.2. The molecule has 0 aliphatic carbocycles. The third-order valence-electron chi connectivity index (χ3n) is 6.04. The van der Waals surface area contributed by atoms with Gasteiger partial charge in [0, 0.05) is 31.4 Å². The molecule has 1 N–H and O–H groups in total. The Kier molecular flexibility index (Phi) is 8.07. The Bertz CT molecular complexity index is 1170. The summed E-state index contributed by atoms with van der Waals surface area (Å²) in [6, 6.07) is 6.65. The maximum absolute atomic E-state index is 14.7. The number of carbonyl (C=O) groups is 1. The van der Waals surface area contributed by atoms with Crippen LogP contribution in [0.4, 0.5) is 15.0 Å². The van der Waals surface area contributed by atoms with Crippen LogP contribution in [0, 0.1) is 5.82 Å². The highest BCUT2D eigenvalue weighted by Gasteiger charge is 2.15. The number of pyridine rings is 1. The number of halogens is 1. The SMILES string of the molecule is CC(C)NC(=O)N(C)c1cnc2ccc(-c3cnc(OCCCN4CCCCC4)c(F)c3)cc2n1. The average Bonchev–Trinajstić information content (AvgIpc) is 2.86. The summed E-state index contributed by atoms with van der Waals surface area (Å²) in [5.41, 5.74) is 2.64. The summed E-state index contributed by atoms with van der Waals surface area (Å²) in [6.45, 7) is 7.47. The van der Waals surface area contributed by atoms with Gasteiger partial charge in [-0.25, -0.2) is 19.2 Å². The molecule has 4 rings (SSSR count). The molecule has 3 heterocycles. The van der Waals surface area contributed by atoms with Crippen LogP contribution in [0.2, 0.25) is 0 Å². The molecule has 0 spiro atoms. The maximum Gasteiger partial charge on any atom is 0.323 e. The number of anilines is 1. The predicted molar refractivity (Wildman–Crippen MR) is 135 cm³/mol. The number of amides is 2. The minimum Gasteiger partial charge on any atom is -0.476 e. The van der Waals surface area contributed by atoms with Crippen molar-refractivity contribution in [1.82, 2.24) is 25.2 Å². The molecule has 0 unspecified atom stereocenters. The van der Waals surface area contributed by atoms with Crippen LogP contribution in [-0.4, -0.2) is 65.2 Å². The number of carbonyl (C=O) groups excluding carboxylic acids is 1. The highest BCUT2D eigenvalue weighted by molar-refractivity contribution is 5.91. The van der Waals surface area contributed by atoms with Crippen molar-refractivity contribution in [2.75, 3.05) is 38.2 Å². The van der Waals surface area contributed by atoms with Gasteiger partial charge in [0.2, 0.25) is 5.88 Å². The third-order valence-corrected chi connectivity index (χ3v) is 6.04. The molecule has 2 aromatic heterocycles. The van der Waals surface area contributed by atoms with Crippen LogP contribution in [0.25, 0.3) is 22.2 Å². The van der Waals surface area contributed by atoms with Crippen molar-refractivity contribution in [2.45, 2.75) is 45.6 Å². The van der Waals surface area contributed by atoms with Gasteiger partial charge in [-0.15, -0.1) is 0 Å². The number of rotatable bonds is 8. The Morgan fingerprint density at radius 3 is 2.66 bits per heavy atom. The lowest BCUT2D eigenvalue weighted by atomic mass is 10.1. The van der Waals surface area contributed by atoms with E-state index >= 15 is 0 Å². The Morgan fingerprint density at radius 1 is 1.11 bits per heavy atom. The standard InChI is InChI=1S/C26H33FN6O2/c1-18(2)30-26(34)32(3)24-17-28-22-9-8-19(15-23(22)31-24)20-14-21(27)25(29-16-20)35-13-7-12-33-10-5-4-6-11-33/h8-9,14-18H,4-7,10-13H2,1-3H3,(H,30,34). The molecule has 0 saturated carbocycles. The molecule has 8 nitrogen and oxygen atoms in total. The highest BCUT2D eigenvalue weighted by atomic mass is 19.1. The molecule has 0 radical (unpaired) electrons. The van der Waals surface area contributed by atoms with Crippen molar-refractivity contribution in [3.8, 4) is 17.0 Å². The Balaban J connectivity index is 1.43. The number of nitrogens with zero attached hydrogens (tertiary/aromatic N) is 5. The Morgan fingerprint density at radius 2 is 1.91 bits per heavy atom. The van der Waals surface area contributed by atoms with E-state index in [1.165, 1.54) is 30.2 Å². The average molecular weight is 481 g/mol. The van der Waals surface area contributed by atoms with Crippen molar-refractivity contribution < 1.29 is 13.9 Å². The molecule has 35 heavy (non-hydrogen) atoms. The number of benzene rings is 1. The monoisotopic (exact) mass is 480 g/mol. The molecule has 3 aromatic rings. The van der Waals surface area contributed by atoms with Gasteiger partial charge in [-0.05, 0) is 70.0 Å². The molecule has 1 aliphatic rings. The van der Waals surface area contributed by atoms with E-state index in [0.29, 0.717) is 29.0 Å². The fourth-order valence-corrected chi connectivity index (χ4v) is 4.12. The van der Waals surface area contributed by atoms with Gasteiger partial charge in [-0.1, -0.05) is 12.5 Å². The summed E-state index contributed by atoms with van der Waals surface area (Å²) < 4.78 is 20.3. The number of piperidine rings is 1. The van der Waals surface area contributed by atoms with Gasteiger partial charge in [-0.2, -0.15) is 0 Å². The molecular weight excluding hydrogens is 447 g/mol. The van der Waals surface area contributed by atoms with E-state index < -0.39 is 5.82 Å².